The Balaban J connectivity index is 1.81. The van der Waals surface area contributed by atoms with Crippen molar-refractivity contribution >= 4 is 28.3 Å². The maximum atomic E-state index is 6.15. The highest BCUT2D eigenvalue weighted by molar-refractivity contribution is 6.31. The van der Waals surface area contributed by atoms with Gasteiger partial charge >= 0.3 is 0 Å². The number of hydrogen-bond acceptors (Lipinski definition) is 4. The first-order valence-corrected chi connectivity index (χ1v) is 8.41. The molecule has 0 aliphatic heterocycles. The van der Waals surface area contributed by atoms with Crippen LogP contribution in [-0.2, 0) is 0 Å². The third-order valence-electron chi connectivity index (χ3n) is 4.05. The largest absolute Gasteiger partial charge is 0.461 e. The van der Waals surface area contributed by atoms with Gasteiger partial charge in [-0.15, -0.1) is 0 Å². The lowest BCUT2D eigenvalue weighted by atomic mass is 10.1. The molecule has 0 aliphatic carbocycles. The first-order valence-electron chi connectivity index (χ1n) is 8.03. The number of rotatable bonds is 4. The molecule has 5 heteroatoms. The third kappa shape index (κ3) is 3.21. The first kappa shape index (κ1) is 15.7. The van der Waals surface area contributed by atoms with Crippen LogP contribution < -0.4 is 5.32 Å². The number of furan rings is 1. The minimum Gasteiger partial charge on any atom is -0.461 e. The van der Waals surface area contributed by atoms with Crippen molar-refractivity contribution in [2.45, 2.75) is 13.0 Å². The second kappa shape index (κ2) is 6.57. The smallest absolute Gasteiger partial charge is 0.198 e. The van der Waals surface area contributed by atoms with Crippen LogP contribution in [0.15, 0.2) is 71.3 Å². The second-order valence-corrected chi connectivity index (χ2v) is 6.25. The molecule has 124 valence electrons. The number of anilines is 1. The molecule has 1 atom stereocenters. The lowest BCUT2D eigenvalue weighted by Crippen LogP contribution is -2.09. The van der Waals surface area contributed by atoms with Crippen LogP contribution in [0.1, 0.15) is 18.5 Å². The standard InChI is InChI=1S/C20H16ClN3O/c1-13(14-6-3-2-4-7-14)22-19-16-10-9-15(21)12-17(16)23-20(24-19)18-8-5-11-25-18/h2-13H,1H3,(H,22,23,24)/t13-/m0/s1. The van der Waals surface area contributed by atoms with Gasteiger partial charge in [0.2, 0.25) is 0 Å². The van der Waals surface area contributed by atoms with E-state index in [1.807, 2.05) is 48.5 Å². The fourth-order valence-electron chi connectivity index (χ4n) is 2.76. The zero-order chi connectivity index (χ0) is 17.2. The van der Waals surface area contributed by atoms with Crippen molar-refractivity contribution in [2.24, 2.45) is 0 Å². The van der Waals surface area contributed by atoms with Gasteiger partial charge in [-0.05, 0) is 42.8 Å². The minimum absolute atomic E-state index is 0.0967. The van der Waals surface area contributed by atoms with Crippen LogP contribution in [0.25, 0.3) is 22.5 Å². The number of fused-ring (bicyclic) bond motifs is 1. The second-order valence-electron chi connectivity index (χ2n) is 5.81. The van der Waals surface area contributed by atoms with Gasteiger partial charge in [-0.2, -0.15) is 0 Å². The SMILES string of the molecule is C[C@H](Nc1nc(-c2ccco2)nc2cc(Cl)ccc12)c1ccccc1. The van der Waals surface area contributed by atoms with Crippen molar-refractivity contribution in [3.05, 3.63) is 77.5 Å². The number of hydrogen-bond donors (Lipinski definition) is 1. The normalized spacial score (nSPS) is 12.2. The molecule has 2 aromatic heterocycles. The monoisotopic (exact) mass is 349 g/mol. The summed E-state index contributed by atoms with van der Waals surface area (Å²) >= 11 is 6.15. The molecule has 0 fully saturated rings. The summed E-state index contributed by atoms with van der Waals surface area (Å²) in [5.41, 5.74) is 1.96. The molecule has 0 unspecified atom stereocenters. The summed E-state index contributed by atoms with van der Waals surface area (Å²) in [5, 5.41) is 5.04. The van der Waals surface area contributed by atoms with Gasteiger partial charge in [0.15, 0.2) is 11.6 Å². The van der Waals surface area contributed by atoms with Crippen LogP contribution in [-0.4, -0.2) is 9.97 Å². The van der Waals surface area contributed by atoms with Gasteiger partial charge in [0.05, 0.1) is 11.8 Å². The zero-order valence-electron chi connectivity index (χ0n) is 13.6. The molecule has 25 heavy (non-hydrogen) atoms. The summed E-state index contributed by atoms with van der Waals surface area (Å²) < 4.78 is 5.46. The summed E-state index contributed by atoms with van der Waals surface area (Å²) in [6.45, 7) is 2.10. The molecule has 0 spiro atoms. The van der Waals surface area contributed by atoms with Crippen LogP contribution in [0.4, 0.5) is 5.82 Å². The Labute approximate surface area is 150 Å². The zero-order valence-corrected chi connectivity index (χ0v) is 14.4. The van der Waals surface area contributed by atoms with E-state index < -0.39 is 0 Å². The Morgan fingerprint density at radius 3 is 2.60 bits per heavy atom. The van der Waals surface area contributed by atoms with E-state index in [1.54, 1.807) is 6.26 Å². The highest BCUT2D eigenvalue weighted by Gasteiger charge is 2.14. The highest BCUT2D eigenvalue weighted by atomic mass is 35.5. The van der Waals surface area contributed by atoms with E-state index in [0.29, 0.717) is 16.6 Å². The van der Waals surface area contributed by atoms with E-state index in [0.717, 1.165) is 16.7 Å². The molecular weight excluding hydrogens is 334 g/mol. The van der Waals surface area contributed by atoms with Gasteiger partial charge in [0, 0.05) is 16.5 Å². The first-order chi connectivity index (χ1) is 12.2. The molecule has 4 nitrogen and oxygen atoms in total. The van der Waals surface area contributed by atoms with Crippen LogP contribution >= 0.6 is 11.6 Å². The fourth-order valence-corrected chi connectivity index (χ4v) is 2.93. The quantitative estimate of drug-likeness (QED) is 0.512. The molecule has 0 radical (unpaired) electrons. The number of nitrogens with one attached hydrogen (secondary N) is 1. The maximum absolute atomic E-state index is 6.15. The summed E-state index contributed by atoms with van der Waals surface area (Å²) in [7, 11) is 0. The molecule has 0 saturated carbocycles. The molecular formula is C20H16ClN3O. The minimum atomic E-state index is 0.0967. The Morgan fingerprint density at radius 2 is 1.84 bits per heavy atom. The predicted octanol–water partition coefficient (Wildman–Crippen LogP) is 5.72. The van der Waals surface area contributed by atoms with E-state index >= 15 is 0 Å². The van der Waals surface area contributed by atoms with E-state index in [4.69, 9.17) is 16.0 Å². The van der Waals surface area contributed by atoms with Crippen LogP contribution in [0.3, 0.4) is 0 Å². The van der Waals surface area contributed by atoms with Crippen molar-refractivity contribution in [1.82, 2.24) is 9.97 Å². The predicted molar refractivity (Wildman–Crippen MR) is 101 cm³/mol. The molecule has 1 N–H and O–H groups in total. The van der Waals surface area contributed by atoms with Crippen LogP contribution in [0, 0.1) is 0 Å². The van der Waals surface area contributed by atoms with Gasteiger partial charge in [-0.3, -0.25) is 0 Å². The van der Waals surface area contributed by atoms with Crippen molar-refractivity contribution in [1.29, 1.82) is 0 Å². The lowest BCUT2D eigenvalue weighted by molar-refractivity contribution is 0.577. The topological polar surface area (TPSA) is 51.0 Å². The molecule has 0 saturated heterocycles. The average Bonchev–Trinajstić information content (AvgIpc) is 3.16. The Bertz CT molecular complexity index is 1000. The van der Waals surface area contributed by atoms with Gasteiger partial charge in [-0.25, -0.2) is 9.97 Å². The molecule has 2 aromatic carbocycles. The Hall–Kier alpha value is -2.85. The van der Waals surface area contributed by atoms with Crippen LogP contribution in [0.5, 0.6) is 0 Å². The van der Waals surface area contributed by atoms with Gasteiger partial charge in [0.1, 0.15) is 5.82 Å². The Morgan fingerprint density at radius 1 is 1.00 bits per heavy atom. The van der Waals surface area contributed by atoms with Crippen molar-refractivity contribution in [3.8, 4) is 11.6 Å². The van der Waals surface area contributed by atoms with Gasteiger partial charge in [0.25, 0.3) is 0 Å². The lowest BCUT2D eigenvalue weighted by Gasteiger charge is -2.17. The van der Waals surface area contributed by atoms with Crippen molar-refractivity contribution in [2.75, 3.05) is 5.32 Å². The van der Waals surface area contributed by atoms with E-state index in [-0.39, 0.29) is 6.04 Å². The summed E-state index contributed by atoms with van der Waals surface area (Å²) in [4.78, 5) is 9.27. The van der Waals surface area contributed by atoms with E-state index in [2.05, 4.69) is 34.3 Å². The number of nitrogens with zero attached hydrogens (tertiary/aromatic N) is 2. The molecule has 0 bridgehead atoms. The van der Waals surface area contributed by atoms with Crippen LogP contribution in [0.2, 0.25) is 5.02 Å². The molecule has 0 aliphatic rings. The molecule has 0 amide bonds. The van der Waals surface area contributed by atoms with Gasteiger partial charge < -0.3 is 9.73 Å². The fraction of sp³-hybridized carbons (Fsp3) is 0.100. The third-order valence-corrected chi connectivity index (χ3v) is 4.29. The number of benzene rings is 2. The maximum Gasteiger partial charge on any atom is 0.198 e. The highest BCUT2D eigenvalue weighted by Crippen LogP contribution is 2.29. The Kier molecular flexibility index (Phi) is 4.12. The van der Waals surface area contributed by atoms with Crippen molar-refractivity contribution < 1.29 is 4.42 Å². The average molecular weight is 350 g/mol. The number of aromatic nitrogens is 2. The summed E-state index contributed by atoms with van der Waals surface area (Å²) in [6, 6.07) is 19.6. The van der Waals surface area contributed by atoms with Gasteiger partial charge in [-0.1, -0.05) is 41.9 Å². The van der Waals surface area contributed by atoms with E-state index in [1.165, 1.54) is 5.56 Å². The van der Waals surface area contributed by atoms with E-state index in [9.17, 15) is 0 Å². The summed E-state index contributed by atoms with van der Waals surface area (Å²) in [6.07, 6.45) is 1.61. The molecule has 2 heterocycles. The molecule has 4 aromatic rings. The number of halogens is 1. The van der Waals surface area contributed by atoms with Crippen molar-refractivity contribution in [3.63, 3.8) is 0 Å². The molecule has 4 rings (SSSR count). The summed E-state index contributed by atoms with van der Waals surface area (Å²) in [5.74, 6) is 1.91.